The molecule has 0 fully saturated rings. The summed E-state index contributed by atoms with van der Waals surface area (Å²) >= 11 is 0. The third-order valence-electron chi connectivity index (χ3n) is 3.57. The van der Waals surface area contributed by atoms with Gasteiger partial charge in [0, 0.05) is 43.8 Å². The summed E-state index contributed by atoms with van der Waals surface area (Å²) in [5.74, 6) is -1.06. The van der Waals surface area contributed by atoms with Gasteiger partial charge in [0.1, 0.15) is 5.82 Å². The molecule has 1 N–H and O–H groups in total. The summed E-state index contributed by atoms with van der Waals surface area (Å²) in [5.41, 5.74) is 1.45. The number of carbonyl (C=O) groups excluding carboxylic acids is 3. The summed E-state index contributed by atoms with van der Waals surface area (Å²) in [7, 11) is 3.33. The van der Waals surface area contributed by atoms with Crippen LogP contribution >= 0.6 is 0 Å². The minimum atomic E-state index is -0.412. The van der Waals surface area contributed by atoms with Crippen LogP contribution in [0.4, 0.5) is 10.1 Å². The highest BCUT2D eigenvalue weighted by atomic mass is 19.1. The fraction of sp³-hybridized carbons (Fsp3) is 0.211. The predicted molar refractivity (Wildman–Crippen MR) is 93.1 cm³/mol. The van der Waals surface area contributed by atoms with Gasteiger partial charge in [0.05, 0.1) is 0 Å². The summed E-state index contributed by atoms with van der Waals surface area (Å²) in [4.78, 5) is 37.1. The van der Waals surface area contributed by atoms with E-state index in [0.29, 0.717) is 16.8 Å². The highest BCUT2D eigenvalue weighted by Crippen LogP contribution is 2.12. The summed E-state index contributed by atoms with van der Waals surface area (Å²) in [6, 6.07) is 11.7. The first-order valence-electron chi connectivity index (χ1n) is 7.77. The van der Waals surface area contributed by atoms with Gasteiger partial charge in [0.25, 0.3) is 5.91 Å². The van der Waals surface area contributed by atoms with Gasteiger partial charge in [-0.3, -0.25) is 14.4 Å². The van der Waals surface area contributed by atoms with E-state index in [9.17, 15) is 18.8 Å². The molecule has 0 saturated heterocycles. The normalized spacial score (nSPS) is 10.2. The molecular formula is C19H19FN2O3. The number of benzene rings is 2. The lowest BCUT2D eigenvalue weighted by atomic mass is 10.1. The molecule has 0 saturated carbocycles. The van der Waals surface area contributed by atoms with Gasteiger partial charge in [-0.1, -0.05) is 0 Å². The minimum Gasteiger partial charge on any atom is -0.345 e. The molecule has 0 heterocycles. The third kappa shape index (κ3) is 5.24. The molecule has 0 unspecified atom stereocenters. The van der Waals surface area contributed by atoms with Crippen LogP contribution in [-0.2, 0) is 4.79 Å². The number of hydrogen-bond acceptors (Lipinski definition) is 3. The molecule has 0 aliphatic rings. The molecule has 130 valence electrons. The zero-order chi connectivity index (χ0) is 18.4. The van der Waals surface area contributed by atoms with Crippen LogP contribution in [0.15, 0.2) is 48.5 Å². The molecule has 0 spiro atoms. The molecule has 0 aliphatic carbocycles. The van der Waals surface area contributed by atoms with Crippen molar-refractivity contribution in [2.45, 2.75) is 12.8 Å². The lowest BCUT2D eigenvalue weighted by Crippen LogP contribution is -2.21. The van der Waals surface area contributed by atoms with Gasteiger partial charge in [-0.05, 0) is 48.5 Å². The average Bonchev–Trinajstić information content (AvgIpc) is 2.60. The van der Waals surface area contributed by atoms with Crippen molar-refractivity contribution >= 4 is 23.3 Å². The van der Waals surface area contributed by atoms with E-state index in [1.165, 1.54) is 29.2 Å². The average molecular weight is 342 g/mol. The molecule has 0 radical (unpaired) electrons. The summed E-state index contributed by atoms with van der Waals surface area (Å²) in [6.45, 7) is 0. The van der Waals surface area contributed by atoms with Gasteiger partial charge in [-0.25, -0.2) is 4.39 Å². The van der Waals surface area contributed by atoms with Crippen molar-refractivity contribution in [3.63, 3.8) is 0 Å². The Morgan fingerprint density at radius 3 is 2.00 bits per heavy atom. The maximum absolute atomic E-state index is 12.8. The monoisotopic (exact) mass is 342 g/mol. The second-order valence-electron chi connectivity index (χ2n) is 5.76. The Balaban J connectivity index is 1.86. The lowest BCUT2D eigenvalue weighted by molar-refractivity contribution is -0.116. The molecule has 0 aliphatic heterocycles. The topological polar surface area (TPSA) is 66.5 Å². The highest BCUT2D eigenvalue weighted by molar-refractivity contribution is 6.00. The van der Waals surface area contributed by atoms with Crippen molar-refractivity contribution in [3.8, 4) is 0 Å². The lowest BCUT2D eigenvalue weighted by Gasteiger charge is -2.11. The van der Waals surface area contributed by atoms with Crippen LogP contribution in [0, 0.1) is 5.82 Å². The van der Waals surface area contributed by atoms with E-state index in [1.54, 1.807) is 38.4 Å². The Bertz CT molecular complexity index is 768. The van der Waals surface area contributed by atoms with Gasteiger partial charge < -0.3 is 10.2 Å². The first-order chi connectivity index (χ1) is 11.9. The number of halogens is 1. The smallest absolute Gasteiger partial charge is 0.253 e. The summed E-state index contributed by atoms with van der Waals surface area (Å²) in [5, 5.41) is 2.68. The van der Waals surface area contributed by atoms with E-state index >= 15 is 0 Å². The number of rotatable bonds is 6. The van der Waals surface area contributed by atoms with Crippen molar-refractivity contribution < 1.29 is 18.8 Å². The fourth-order valence-electron chi connectivity index (χ4n) is 2.19. The Kier molecular flexibility index (Phi) is 6.00. The van der Waals surface area contributed by atoms with Crippen molar-refractivity contribution in [2.24, 2.45) is 0 Å². The maximum Gasteiger partial charge on any atom is 0.253 e. The van der Waals surface area contributed by atoms with Crippen molar-refractivity contribution in [3.05, 3.63) is 65.5 Å². The Hall–Kier alpha value is -3.02. The molecule has 0 aromatic heterocycles. The molecule has 2 rings (SSSR count). The third-order valence-corrected chi connectivity index (χ3v) is 3.57. The van der Waals surface area contributed by atoms with Gasteiger partial charge in [0.2, 0.25) is 5.91 Å². The Labute approximate surface area is 145 Å². The molecule has 5 nitrogen and oxygen atoms in total. The van der Waals surface area contributed by atoms with E-state index in [1.807, 2.05) is 0 Å². The first-order valence-corrected chi connectivity index (χ1v) is 7.77. The predicted octanol–water partition coefficient (Wildman–Crippen LogP) is 3.13. The van der Waals surface area contributed by atoms with Crippen LogP contribution in [0.25, 0.3) is 0 Å². The molecule has 25 heavy (non-hydrogen) atoms. The summed E-state index contributed by atoms with van der Waals surface area (Å²) in [6.07, 6.45) is 0.0588. The number of nitrogens with one attached hydrogen (secondary N) is 1. The first kappa shape index (κ1) is 18.3. The number of anilines is 1. The van der Waals surface area contributed by atoms with Gasteiger partial charge in [0.15, 0.2) is 5.78 Å². The van der Waals surface area contributed by atoms with Crippen molar-refractivity contribution in [1.29, 1.82) is 0 Å². The molecule has 2 aromatic carbocycles. The number of ketones is 1. The van der Waals surface area contributed by atoms with Crippen LogP contribution < -0.4 is 5.32 Å². The molecule has 2 amide bonds. The standard InChI is InChI=1S/C19H19FN2O3/c1-22(2)19(25)14-5-9-16(10-6-14)21-18(24)12-11-17(23)13-3-7-15(20)8-4-13/h3-10H,11-12H2,1-2H3,(H,21,24). The molecule has 0 bridgehead atoms. The Morgan fingerprint density at radius 2 is 1.44 bits per heavy atom. The van der Waals surface area contributed by atoms with E-state index < -0.39 is 5.82 Å². The number of carbonyl (C=O) groups is 3. The second-order valence-corrected chi connectivity index (χ2v) is 5.76. The highest BCUT2D eigenvalue weighted by Gasteiger charge is 2.11. The quantitative estimate of drug-likeness (QED) is 0.820. The van der Waals surface area contributed by atoms with E-state index in [2.05, 4.69) is 5.32 Å². The number of nitrogens with zero attached hydrogens (tertiary/aromatic N) is 1. The summed E-state index contributed by atoms with van der Waals surface area (Å²) < 4.78 is 12.8. The van der Waals surface area contributed by atoms with E-state index in [4.69, 9.17) is 0 Å². The number of Topliss-reactive ketones (excluding diaryl/α,β-unsaturated/α-hetero) is 1. The second kappa shape index (κ2) is 8.19. The molecular weight excluding hydrogens is 323 g/mol. The zero-order valence-electron chi connectivity index (χ0n) is 14.1. The van der Waals surface area contributed by atoms with Crippen molar-refractivity contribution in [2.75, 3.05) is 19.4 Å². The van der Waals surface area contributed by atoms with Crippen molar-refractivity contribution in [1.82, 2.24) is 4.90 Å². The zero-order valence-corrected chi connectivity index (χ0v) is 14.1. The maximum atomic E-state index is 12.8. The SMILES string of the molecule is CN(C)C(=O)c1ccc(NC(=O)CCC(=O)c2ccc(F)cc2)cc1. The van der Waals surface area contributed by atoms with Crippen LogP contribution in [0.3, 0.4) is 0 Å². The van der Waals surface area contributed by atoms with E-state index in [-0.39, 0.29) is 30.4 Å². The van der Waals surface area contributed by atoms with Crippen LogP contribution in [-0.4, -0.2) is 36.6 Å². The number of amides is 2. The Morgan fingerprint density at radius 1 is 0.880 bits per heavy atom. The van der Waals surface area contributed by atoms with Gasteiger partial charge >= 0.3 is 0 Å². The van der Waals surface area contributed by atoms with Crippen LogP contribution in [0.1, 0.15) is 33.6 Å². The van der Waals surface area contributed by atoms with Crippen LogP contribution in [0.5, 0.6) is 0 Å². The molecule has 2 aromatic rings. The van der Waals surface area contributed by atoms with Crippen LogP contribution in [0.2, 0.25) is 0 Å². The minimum absolute atomic E-state index is 0.0224. The molecule has 6 heteroatoms. The molecule has 0 atom stereocenters. The largest absolute Gasteiger partial charge is 0.345 e. The van der Waals surface area contributed by atoms with Gasteiger partial charge in [-0.2, -0.15) is 0 Å². The number of hydrogen-bond donors (Lipinski definition) is 1. The van der Waals surface area contributed by atoms with E-state index in [0.717, 1.165) is 0 Å². The fourth-order valence-corrected chi connectivity index (χ4v) is 2.19. The van der Waals surface area contributed by atoms with Gasteiger partial charge in [-0.15, -0.1) is 0 Å².